The maximum absolute atomic E-state index is 5.41. The van der Waals surface area contributed by atoms with Gasteiger partial charge in [-0.1, -0.05) is 6.92 Å². The summed E-state index contributed by atoms with van der Waals surface area (Å²) in [5.41, 5.74) is 1.82. The maximum Gasteiger partial charge on any atom is 0.142 e. The zero-order valence-corrected chi connectivity index (χ0v) is 12.0. The van der Waals surface area contributed by atoms with Crippen LogP contribution in [0.5, 0.6) is 11.5 Å². The molecule has 5 heteroatoms. The van der Waals surface area contributed by atoms with Crippen LogP contribution in [0.3, 0.4) is 0 Å². The summed E-state index contributed by atoms with van der Waals surface area (Å²) >= 11 is 0. The van der Waals surface area contributed by atoms with Gasteiger partial charge in [-0.25, -0.2) is 0 Å². The molecule has 0 saturated heterocycles. The summed E-state index contributed by atoms with van der Waals surface area (Å²) in [5, 5.41) is 3.41. The standard InChI is InChI=1S/C15H19N3O2/c1-4-17-14(11-7-9-16-10-13(11)20-3)15-12(19-2)6-5-8-18-15/h5-10,14,17H,4H2,1-3H3. The Kier molecular flexibility index (Phi) is 4.90. The number of nitrogens with zero attached hydrogens (tertiary/aromatic N) is 2. The lowest BCUT2D eigenvalue weighted by molar-refractivity contribution is 0.390. The molecular weight excluding hydrogens is 254 g/mol. The van der Waals surface area contributed by atoms with Gasteiger partial charge in [0, 0.05) is 18.0 Å². The fraction of sp³-hybridized carbons (Fsp3) is 0.333. The van der Waals surface area contributed by atoms with Gasteiger partial charge in [0.15, 0.2) is 0 Å². The Balaban J connectivity index is 2.50. The number of hydrogen-bond acceptors (Lipinski definition) is 5. The van der Waals surface area contributed by atoms with Crippen LogP contribution in [0, 0.1) is 0 Å². The van der Waals surface area contributed by atoms with Crippen LogP contribution < -0.4 is 14.8 Å². The zero-order chi connectivity index (χ0) is 14.4. The van der Waals surface area contributed by atoms with E-state index >= 15 is 0 Å². The zero-order valence-electron chi connectivity index (χ0n) is 12.0. The number of rotatable bonds is 6. The predicted octanol–water partition coefficient (Wildman–Crippen LogP) is 2.19. The van der Waals surface area contributed by atoms with E-state index in [-0.39, 0.29) is 6.04 Å². The molecule has 2 rings (SSSR count). The van der Waals surface area contributed by atoms with Crippen molar-refractivity contribution in [1.29, 1.82) is 0 Å². The Hall–Kier alpha value is -2.14. The normalized spacial score (nSPS) is 11.9. The molecule has 0 bridgehead atoms. The number of aromatic nitrogens is 2. The van der Waals surface area contributed by atoms with Crippen molar-refractivity contribution in [3.63, 3.8) is 0 Å². The highest BCUT2D eigenvalue weighted by molar-refractivity contribution is 5.42. The minimum atomic E-state index is -0.103. The van der Waals surface area contributed by atoms with E-state index in [1.165, 1.54) is 0 Å². The summed E-state index contributed by atoms with van der Waals surface area (Å²) < 4.78 is 10.8. The van der Waals surface area contributed by atoms with E-state index in [1.54, 1.807) is 32.8 Å². The molecule has 106 valence electrons. The molecular formula is C15H19N3O2. The Bertz CT molecular complexity index is 513. The fourth-order valence-corrected chi connectivity index (χ4v) is 2.15. The van der Waals surface area contributed by atoms with Crippen molar-refractivity contribution >= 4 is 0 Å². The van der Waals surface area contributed by atoms with E-state index in [1.807, 2.05) is 18.2 Å². The van der Waals surface area contributed by atoms with E-state index in [2.05, 4.69) is 22.2 Å². The van der Waals surface area contributed by atoms with Crippen LogP contribution in [0.4, 0.5) is 0 Å². The van der Waals surface area contributed by atoms with Crippen molar-refractivity contribution in [3.8, 4) is 11.5 Å². The van der Waals surface area contributed by atoms with Crippen LogP contribution >= 0.6 is 0 Å². The molecule has 0 radical (unpaired) electrons. The molecule has 2 heterocycles. The van der Waals surface area contributed by atoms with Crippen molar-refractivity contribution < 1.29 is 9.47 Å². The fourth-order valence-electron chi connectivity index (χ4n) is 2.15. The van der Waals surface area contributed by atoms with Gasteiger partial charge in [0.05, 0.1) is 26.5 Å². The summed E-state index contributed by atoms with van der Waals surface area (Å²) in [4.78, 5) is 8.55. The lowest BCUT2D eigenvalue weighted by Gasteiger charge is -2.21. The molecule has 0 saturated carbocycles. The number of pyridine rings is 2. The molecule has 0 aliphatic rings. The van der Waals surface area contributed by atoms with Crippen LogP contribution in [0.2, 0.25) is 0 Å². The van der Waals surface area contributed by atoms with E-state index in [4.69, 9.17) is 9.47 Å². The Morgan fingerprint density at radius 2 is 1.95 bits per heavy atom. The van der Waals surface area contributed by atoms with E-state index in [9.17, 15) is 0 Å². The lowest BCUT2D eigenvalue weighted by Crippen LogP contribution is -2.24. The number of ether oxygens (including phenoxy) is 2. The molecule has 5 nitrogen and oxygen atoms in total. The number of methoxy groups -OCH3 is 2. The van der Waals surface area contributed by atoms with Crippen LogP contribution in [-0.4, -0.2) is 30.7 Å². The van der Waals surface area contributed by atoms with Gasteiger partial charge < -0.3 is 14.8 Å². The molecule has 1 atom stereocenters. The second kappa shape index (κ2) is 6.86. The largest absolute Gasteiger partial charge is 0.495 e. The lowest BCUT2D eigenvalue weighted by atomic mass is 10.0. The van der Waals surface area contributed by atoms with Gasteiger partial charge in [-0.15, -0.1) is 0 Å². The molecule has 0 aliphatic carbocycles. The van der Waals surface area contributed by atoms with E-state index in [0.717, 1.165) is 29.3 Å². The molecule has 2 aromatic heterocycles. The molecule has 20 heavy (non-hydrogen) atoms. The first-order valence-electron chi connectivity index (χ1n) is 6.52. The smallest absolute Gasteiger partial charge is 0.142 e. The molecule has 0 spiro atoms. The van der Waals surface area contributed by atoms with Crippen molar-refractivity contribution in [2.45, 2.75) is 13.0 Å². The van der Waals surface area contributed by atoms with Crippen LogP contribution in [0.15, 0.2) is 36.8 Å². The molecule has 0 aromatic carbocycles. The molecule has 2 aromatic rings. The summed E-state index contributed by atoms with van der Waals surface area (Å²) in [7, 11) is 3.28. The van der Waals surface area contributed by atoms with Gasteiger partial charge in [-0.05, 0) is 24.7 Å². The first-order chi connectivity index (χ1) is 9.81. The first-order valence-corrected chi connectivity index (χ1v) is 6.52. The Morgan fingerprint density at radius 1 is 1.15 bits per heavy atom. The Morgan fingerprint density at radius 3 is 2.65 bits per heavy atom. The second-order valence-corrected chi connectivity index (χ2v) is 4.20. The summed E-state index contributed by atoms with van der Waals surface area (Å²) in [6.07, 6.45) is 5.21. The molecule has 0 aliphatic heterocycles. The number of hydrogen-bond donors (Lipinski definition) is 1. The first kappa shape index (κ1) is 14.3. The highest BCUT2D eigenvalue weighted by Gasteiger charge is 2.21. The maximum atomic E-state index is 5.41. The average molecular weight is 273 g/mol. The molecule has 1 unspecified atom stereocenters. The van der Waals surface area contributed by atoms with Gasteiger partial charge in [0.2, 0.25) is 0 Å². The molecule has 1 N–H and O–H groups in total. The van der Waals surface area contributed by atoms with E-state index in [0.29, 0.717) is 0 Å². The second-order valence-electron chi connectivity index (χ2n) is 4.20. The number of nitrogens with one attached hydrogen (secondary N) is 1. The summed E-state index contributed by atoms with van der Waals surface area (Å²) in [5.74, 6) is 1.48. The minimum Gasteiger partial charge on any atom is -0.495 e. The van der Waals surface area contributed by atoms with Gasteiger partial charge in [-0.3, -0.25) is 9.97 Å². The van der Waals surface area contributed by atoms with Crippen molar-refractivity contribution in [1.82, 2.24) is 15.3 Å². The monoisotopic (exact) mass is 273 g/mol. The summed E-state index contributed by atoms with van der Waals surface area (Å²) in [6, 6.07) is 5.59. The highest BCUT2D eigenvalue weighted by Crippen LogP contribution is 2.32. The van der Waals surface area contributed by atoms with E-state index < -0.39 is 0 Å². The third kappa shape index (κ3) is 2.88. The average Bonchev–Trinajstić information content (AvgIpc) is 2.52. The van der Waals surface area contributed by atoms with Gasteiger partial charge in [-0.2, -0.15) is 0 Å². The van der Waals surface area contributed by atoms with Crippen LogP contribution in [0.25, 0.3) is 0 Å². The predicted molar refractivity (Wildman–Crippen MR) is 77.1 cm³/mol. The van der Waals surface area contributed by atoms with Crippen molar-refractivity contribution in [2.75, 3.05) is 20.8 Å². The highest BCUT2D eigenvalue weighted by atomic mass is 16.5. The van der Waals surface area contributed by atoms with Gasteiger partial charge in [0.1, 0.15) is 17.2 Å². The van der Waals surface area contributed by atoms with Crippen LogP contribution in [0.1, 0.15) is 24.2 Å². The third-order valence-corrected chi connectivity index (χ3v) is 3.05. The SMILES string of the molecule is CCNC(c1ccncc1OC)c1ncccc1OC. The molecule has 0 amide bonds. The quantitative estimate of drug-likeness (QED) is 0.874. The van der Waals surface area contributed by atoms with Crippen molar-refractivity contribution in [3.05, 3.63) is 48.0 Å². The Labute approximate surface area is 119 Å². The van der Waals surface area contributed by atoms with Crippen LogP contribution in [-0.2, 0) is 0 Å². The summed E-state index contributed by atoms with van der Waals surface area (Å²) in [6.45, 7) is 2.85. The molecule has 0 fully saturated rings. The topological polar surface area (TPSA) is 56.3 Å². The minimum absolute atomic E-state index is 0.103. The third-order valence-electron chi connectivity index (χ3n) is 3.05. The van der Waals surface area contributed by atoms with Crippen molar-refractivity contribution in [2.24, 2.45) is 0 Å². The van der Waals surface area contributed by atoms with Gasteiger partial charge >= 0.3 is 0 Å². The van der Waals surface area contributed by atoms with Gasteiger partial charge in [0.25, 0.3) is 0 Å².